The van der Waals surface area contributed by atoms with Crippen LogP contribution in [0.5, 0.6) is 0 Å². The fourth-order valence-electron chi connectivity index (χ4n) is 1.14. The average Bonchev–Trinajstić information content (AvgIpc) is 2.16. The lowest BCUT2D eigenvalue weighted by Crippen LogP contribution is -2.14. The zero-order valence-electron chi connectivity index (χ0n) is 9.84. The Morgan fingerprint density at radius 1 is 1.33 bits per heavy atom. The third kappa shape index (κ3) is 7.37. The number of hydrogen-bond acceptors (Lipinski definition) is 2. The van der Waals surface area contributed by atoms with E-state index in [1.54, 1.807) is 0 Å². The number of hydrogen-bond donors (Lipinski definition) is 0. The van der Waals surface area contributed by atoms with E-state index in [-0.39, 0.29) is 12.1 Å². The molecule has 0 aliphatic rings. The third-order valence-electron chi connectivity index (χ3n) is 2.01. The maximum Gasteiger partial charge on any atom is 0.303 e. The van der Waals surface area contributed by atoms with Crippen LogP contribution in [0, 0.1) is 0 Å². The van der Waals surface area contributed by atoms with Crippen LogP contribution in [0.15, 0.2) is 23.3 Å². The fraction of sp³-hybridized carbons (Fsp3) is 0.583. The summed E-state index contributed by atoms with van der Waals surface area (Å²) in [6.07, 6.45) is 4.65. The Kier molecular flexibility index (Phi) is 7.39. The number of ether oxygens (including phenoxy) is 1. The van der Waals surface area contributed by atoms with Gasteiger partial charge in [0, 0.05) is 18.7 Å². The first-order valence-corrected chi connectivity index (χ1v) is 6.14. The molecule has 0 aliphatic heterocycles. The van der Waals surface area contributed by atoms with Crippen molar-refractivity contribution >= 4 is 21.9 Å². The molecule has 15 heavy (non-hydrogen) atoms. The van der Waals surface area contributed by atoms with Gasteiger partial charge < -0.3 is 4.74 Å². The van der Waals surface area contributed by atoms with Crippen LogP contribution in [0.2, 0.25) is 0 Å². The molecule has 0 aromatic carbocycles. The van der Waals surface area contributed by atoms with Gasteiger partial charge in [-0.05, 0) is 26.8 Å². The number of carbonyl (C=O) groups excluding carboxylic acids is 1. The van der Waals surface area contributed by atoms with E-state index in [0.717, 1.165) is 11.8 Å². The summed E-state index contributed by atoms with van der Waals surface area (Å²) in [6, 6.07) is 0. The van der Waals surface area contributed by atoms with E-state index in [1.807, 2.05) is 32.9 Å². The largest absolute Gasteiger partial charge is 0.458 e. The van der Waals surface area contributed by atoms with E-state index in [2.05, 4.69) is 15.9 Å². The predicted octanol–water partition coefficient (Wildman–Crippen LogP) is 3.62. The minimum Gasteiger partial charge on any atom is -0.458 e. The molecule has 0 rings (SSSR count). The summed E-state index contributed by atoms with van der Waals surface area (Å²) in [5, 5.41) is 0.805. The van der Waals surface area contributed by atoms with E-state index < -0.39 is 0 Å². The van der Waals surface area contributed by atoms with Gasteiger partial charge in [0.05, 0.1) is 0 Å². The first-order chi connectivity index (χ1) is 6.99. The average molecular weight is 275 g/mol. The van der Waals surface area contributed by atoms with Crippen molar-refractivity contribution in [2.75, 3.05) is 5.33 Å². The minimum absolute atomic E-state index is 0.142. The predicted molar refractivity (Wildman–Crippen MR) is 67.2 cm³/mol. The van der Waals surface area contributed by atoms with Gasteiger partial charge in [0.25, 0.3) is 0 Å². The second-order valence-electron chi connectivity index (χ2n) is 3.63. The van der Waals surface area contributed by atoms with Gasteiger partial charge in [-0.25, -0.2) is 0 Å². The van der Waals surface area contributed by atoms with E-state index in [9.17, 15) is 4.79 Å². The second-order valence-corrected chi connectivity index (χ2v) is 4.19. The van der Waals surface area contributed by atoms with Crippen LogP contribution in [0.1, 0.15) is 34.1 Å². The van der Waals surface area contributed by atoms with Crippen molar-refractivity contribution in [2.45, 2.75) is 40.2 Å². The van der Waals surface area contributed by atoms with Crippen LogP contribution >= 0.6 is 15.9 Å². The van der Waals surface area contributed by atoms with Gasteiger partial charge in [-0.2, -0.15) is 0 Å². The first kappa shape index (κ1) is 14.4. The monoisotopic (exact) mass is 274 g/mol. The molecule has 0 saturated carbocycles. The number of alkyl halides is 1. The van der Waals surface area contributed by atoms with Gasteiger partial charge in [-0.1, -0.05) is 33.2 Å². The van der Waals surface area contributed by atoms with Crippen molar-refractivity contribution in [1.82, 2.24) is 0 Å². The van der Waals surface area contributed by atoms with Crippen molar-refractivity contribution in [1.29, 1.82) is 0 Å². The molecule has 0 fully saturated rings. The van der Waals surface area contributed by atoms with Crippen molar-refractivity contribution in [3.8, 4) is 0 Å². The van der Waals surface area contributed by atoms with E-state index in [1.165, 1.54) is 18.1 Å². The van der Waals surface area contributed by atoms with E-state index in [0.29, 0.717) is 0 Å². The van der Waals surface area contributed by atoms with Gasteiger partial charge in [0.15, 0.2) is 0 Å². The lowest BCUT2D eigenvalue weighted by molar-refractivity contribution is -0.144. The van der Waals surface area contributed by atoms with Gasteiger partial charge in [0.1, 0.15) is 6.10 Å². The third-order valence-corrected chi connectivity index (χ3v) is 2.90. The van der Waals surface area contributed by atoms with Gasteiger partial charge >= 0.3 is 5.97 Å². The molecule has 0 amide bonds. The highest BCUT2D eigenvalue weighted by Gasteiger charge is 2.09. The summed E-state index contributed by atoms with van der Waals surface area (Å²) in [4.78, 5) is 10.9. The smallest absolute Gasteiger partial charge is 0.303 e. The molecule has 0 aromatic rings. The molecule has 0 bridgehead atoms. The number of carbonyl (C=O) groups is 1. The summed E-state index contributed by atoms with van der Waals surface area (Å²) in [5.41, 5.74) is 2.39. The number of halogens is 1. The lowest BCUT2D eigenvalue weighted by Gasteiger charge is -2.14. The Labute approximate surface area is 101 Å². The fourth-order valence-corrected chi connectivity index (χ4v) is 1.33. The highest BCUT2D eigenvalue weighted by atomic mass is 79.9. The zero-order valence-corrected chi connectivity index (χ0v) is 11.4. The molecular weight excluding hydrogens is 256 g/mol. The highest BCUT2D eigenvalue weighted by molar-refractivity contribution is 9.09. The molecule has 3 heteroatoms. The molecule has 0 spiro atoms. The normalized spacial score (nSPS) is 15.0. The second kappa shape index (κ2) is 7.69. The molecule has 1 atom stereocenters. The molecule has 1 unspecified atom stereocenters. The quantitative estimate of drug-likeness (QED) is 0.435. The Morgan fingerprint density at radius 3 is 2.33 bits per heavy atom. The Morgan fingerprint density at radius 2 is 1.93 bits per heavy atom. The molecule has 0 radical (unpaired) electrons. The van der Waals surface area contributed by atoms with E-state index in [4.69, 9.17) is 4.74 Å². The molecule has 0 aliphatic carbocycles. The van der Waals surface area contributed by atoms with Crippen molar-refractivity contribution in [3.63, 3.8) is 0 Å². The SMILES string of the molecule is CC=C(C)CC(C=C(C)CBr)OC(C)=O. The van der Waals surface area contributed by atoms with Crippen molar-refractivity contribution < 1.29 is 9.53 Å². The minimum atomic E-state index is -0.234. The Balaban J connectivity index is 4.51. The van der Waals surface area contributed by atoms with Crippen LogP contribution in [0.4, 0.5) is 0 Å². The molecule has 0 saturated heterocycles. The molecule has 86 valence electrons. The Bertz CT molecular complexity index is 267. The molecule has 2 nitrogen and oxygen atoms in total. The van der Waals surface area contributed by atoms with Gasteiger partial charge in [-0.15, -0.1) is 0 Å². The first-order valence-electron chi connectivity index (χ1n) is 5.01. The van der Waals surface area contributed by atoms with Gasteiger partial charge in [0.2, 0.25) is 0 Å². The number of allylic oxidation sites excluding steroid dienone is 2. The number of rotatable bonds is 5. The lowest BCUT2D eigenvalue weighted by atomic mass is 10.1. The summed E-state index contributed by atoms with van der Waals surface area (Å²) in [7, 11) is 0. The van der Waals surface area contributed by atoms with Crippen molar-refractivity contribution in [2.24, 2.45) is 0 Å². The molecule has 0 aromatic heterocycles. The maximum atomic E-state index is 10.9. The number of esters is 1. The van der Waals surface area contributed by atoms with Crippen LogP contribution in [-0.2, 0) is 9.53 Å². The van der Waals surface area contributed by atoms with Crippen molar-refractivity contribution in [3.05, 3.63) is 23.3 Å². The maximum absolute atomic E-state index is 10.9. The van der Waals surface area contributed by atoms with E-state index >= 15 is 0 Å². The topological polar surface area (TPSA) is 26.3 Å². The van der Waals surface area contributed by atoms with Crippen LogP contribution < -0.4 is 0 Å². The standard InChI is InChI=1S/C12H19BrO2/c1-5-9(2)6-12(15-11(4)14)7-10(3)8-13/h5,7,12H,6,8H2,1-4H3. The summed E-state index contributed by atoms with van der Waals surface area (Å²) < 4.78 is 5.22. The van der Waals surface area contributed by atoms with Gasteiger partial charge in [-0.3, -0.25) is 4.79 Å². The highest BCUT2D eigenvalue weighted by Crippen LogP contribution is 2.12. The van der Waals surface area contributed by atoms with Crippen LogP contribution in [-0.4, -0.2) is 17.4 Å². The molecule has 0 N–H and O–H groups in total. The molecule has 0 heterocycles. The summed E-state index contributed by atoms with van der Waals surface area (Å²) in [6.45, 7) is 7.47. The molecular formula is C12H19BrO2. The van der Waals surface area contributed by atoms with Crippen LogP contribution in [0.3, 0.4) is 0 Å². The zero-order chi connectivity index (χ0) is 11.8. The Hall–Kier alpha value is -0.570. The van der Waals surface area contributed by atoms with Crippen LogP contribution in [0.25, 0.3) is 0 Å². The summed E-state index contributed by atoms with van der Waals surface area (Å²) >= 11 is 3.37. The summed E-state index contributed by atoms with van der Waals surface area (Å²) in [5.74, 6) is -0.234.